The highest BCUT2D eigenvalue weighted by molar-refractivity contribution is 6.02. The van der Waals surface area contributed by atoms with Gasteiger partial charge in [-0.05, 0) is 67.0 Å². The van der Waals surface area contributed by atoms with Crippen LogP contribution >= 0.6 is 12.4 Å². The monoisotopic (exact) mass is 470 g/mol. The second-order valence-electron chi connectivity index (χ2n) is 8.13. The summed E-state index contributed by atoms with van der Waals surface area (Å²) in [5.41, 5.74) is 1.86. The first-order chi connectivity index (χ1) is 15.6. The highest BCUT2D eigenvalue weighted by atomic mass is 35.5. The van der Waals surface area contributed by atoms with Crippen molar-refractivity contribution in [2.75, 3.05) is 47.6 Å². The molecule has 0 saturated heterocycles. The van der Waals surface area contributed by atoms with Crippen LogP contribution in [0.2, 0.25) is 0 Å². The summed E-state index contributed by atoms with van der Waals surface area (Å²) in [6.45, 7) is 2.81. The number of fused-ring (bicyclic) bond motifs is 2. The van der Waals surface area contributed by atoms with E-state index < -0.39 is 0 Å². The average molecular weight is 471 g/mol. The van der Waals surface area contributed by atoms with Gasteiger partial charge in [0.25, 0.3) is 5.91 Å². The first-order valence-corrected chi connectivity index (χ1v) is 10.9. The molecule has 4 rings (SSSR count). The molecule has 0 fully saturated rings. The Morgan fingerprint density at radius 2 is 1.70 bits per heavy atom. The number of halogens is 1. The van der Waals surface area contributed by atoms with Crippen LogP contribution in [0.5, 0.6) is 17.2 Å². The molecule has 0 atom stereocenters. The molecule has 3 aromatic carbocycles. The normalized spacial score (nSPS) is 12.8. The number of amides is 1. The number of hydrogen-bond acceptors (Lipinski definition) is 5. The van der Waals surface area contributed by atoms with Crippen LogP contribution < -0.4 is 14.2 Å². The highest BCUT2D eigenvalue weighted by Crippen LogP contribution is 2.30. The van der Waals surface area contributed by atoms with Crippen molar-refractivity contribution in [2.24, 2.45) is 0 Å². The van der Waals surface area contributed by atoms with Crippen molar-refractivity contribution < 1.29 is 19.0 Å². The molecule has 1 amide bonds. The summed E-state index contributed by atoms with van der Waals surface area (Å²) in [5, 5.41) is 2.14. The van der Waals surface area contributed by atoms with E-state index in [1.165, 1.54) is 5.56 Å². The smallest absolute Gasteiger partial charge is 0.260 e. The fourth-order valence-electron chi connectivity index (χ4n) is 4.05. The Balaban J connectivity index is 0.00000306. The van der Waals surface area contributed by atoms with E-state index in [-0.39, 0.29) is 18.3 Å². The molecule has 1 aliphatic rings. The lowest BCUT2D eigenvalue weighted by atomic mass is 10.0. The van der Waals surface area contributed by atoms with Crippen molar-refractivity contribution >= 4 is 29.1 Å². The maximum absolute atomic E-state index is 13.0. The van der Waals surface area contributed by atoms with Gasteiger partial charge in [-0.2, -0.15) is 0 Å². The Bertz CT molecular complexity index is 1100. The molecule has 6 nitrogen and oxygen atoms in total. The fourth-order valence-corrected chi connectivity index (χ4v) is 4.05. The molecule has 0 aromatic heterocycles. The zero-order valence-electron chi connectivity index (χ0n) is 19.4. The molecule has 1 heterocycles. The van der Waals surface area contributed by atoms with Crippen molar-refractivity contribution in [2.45, 2.75) is 12.8 Å². The lowest BCUT2D eigenvalue weighted by molar-refractivity contribution is 0.0512. The number of hydrogen-bond donors (Lipinski definition) is 0. The van der Waals surface area contributed by atoms with Crippen LogP contribution in [0.15, 0.2) is 54.6 Å². The average Bonchev–Trinajstić information content (AvgIpc) is 2.83. The molecule has 0 unspecified atom stereocenters. The van der Waals surface area contributed by atoms with Gasteiger partial charge in [0.1, 0.15) is 5.75 Å². The Labute approximate surface area is 201 Å². The van der Waals surface area contributed by atoms with Gasteiger partial charge in [0.15, 0.2) is 18.2 Å². The van der Waals surface area contributed by atoms with Gasteiger partial charge in [0.2, 0.25) is 0 Å². The minimum Gasteiger partial charge on any atom is -0.493 e. The molecule has 0 aliphatic carbocycles. The van der Waals surface area contributed by atoms with E-state index in [1.54, 1.807) is 19.1 Å². The van der Waals surface area contributed by atoms with E-state index in [0.29, 0.717) is 24.6 Å². The summed E-state index contributed by atoms with van der Waals surface area (Å²) in [6.07, 6.45) is 1.81. The Morgan fingerprint density at radius 3 is 2.42 bits per heavy atom. The second kappa shape index (κ2) is 11.3. The minimum atomic E-state index is 0. The van der Waals surface area contributed by atoms with Gasteiger partial charge in [-0.25, -0.2) is 0 Å². The number of rotatable bonds is 9. The number of carbonyl (C=O) groups is 1. The lowest BCUT2D eigenvalue weighted by Gasteiger charge is -2.29. The first kappa shape index (κ1) is 24.7. The third-order valence-corrected chi connectivity index (χ3v) is 5.94. The number of likely N-dealkylation sites (N-methyl/N-ethyl adjacent to an activating group) is 1. The van der Waals surface area contributed by atoms with E-state index in [9.17, 15) is 4.79 Å². The summed E-state index contributed by atoms with van der Waals surface area (Å²) < 4.78 is 16.6. The summed E-state index contributed by atoms with van der Waals surface area (Å²) in [7, 11) is 5.40. The van der Waals surface area contributed by atoms with Crippen molar-refractivity contribution in [3.8, 4) is 17.2 Å². The van der Waals surface area contributed by atoms with Crippen LogP contribution in [0, 0.1) is 0 Å². The maximum atomic E-state index is 13.0. The first-order valence-electron chi connectivity index (χ1n) is 10.9. The molecule has 33 heavy (non-hydrogen) atoms. The molecule has 176 valence electrons. The SMILES string of the molecule is COc1ccc(CCN(C)CCCN2COc3cc4ccccc4cc3C2=O)cc1OC.Cl. The van der Waals surface area contributed by atoms with E-state index in [4.69, 9.17) is 14.2 Å². The van der Waals surface area contributed by atoms with Crippen LogP contribution in [0.4, 0.5) is 0 Å². The molecule has 1 aliphatic heterocycles. The highest BCUT2D eigenvalue weighted by Gasteiger charge is 2.25. The molecular formula is C26H31ClN2O4. The number of ether oxygens (including phenoxy) is 3. The predicted octanol–water partition coefficient (Wildman–Crippen LogP) is 4.64. The molecular weight excluding hydrogens is 440 g/mol. The molecule has 3 aromatic rings. The summed E-state index contributed by atoms with van der Waals surface area (Å²) in [5.74, 6) is 2.22. The molecule has 0 spiro atoms. The number of carbonyl (C=O) groups excluding carboxylic acids is 1. The van der Waals surface area contributed by atoms with Gasteiger partial charge in [-0.15, -0.1) is 12.4 Å². The van der Waals surface area contributed by atoms with E-state index in [0.717, 1.165) is 48.2 Å². The summed E-state index contributed by atoms with van der Waals surface area (Å²) in [6, 6.07) is 18.0. The Hall–Kier alpha value is -2.96. The zero-order valence-corrected chi connectivity index (χ0v) is 20.2. The van der Waals surface area contributed by atoms with Gasteiger partial charge in [0, 0.05) is 13.1 Å². The van der Waals surface area contributed by atoms with Crippen LogP contribution in [-0.2, 0) is 6.42 Å². The summed E-state index contributed by atoms with van der Waals surface area (Å²) >= 11 is 0. The van der Waals surface area contributed by atoms with Gasteiger partial charge in [-0.3, -0.25) is 4.79 Å². The standard InChI is InChI=1S/C26H30N2O4.ClH/c1-27(14-11-19-9-10-23(30-2)25(15-19)31-3)12-6-13-28-18-32-24-17-21-8-5-4-7-20(21)16-22(24)26(28)29;/h4-5,7-10,15-17H,6,11-14,18H2,1-3H3;1H. The van der Waals surface area contributed by atoms with E-state index in [1.807, 2.05) is 48.5 Å². The van der Waals surface area contributed by atoms with Crippen LogP contribution in [-0.4, -0.2) is 63.3 Å². The van der Waals surface area contributed by atoms with Crippen LogP contribution in [0.3, 0.4) is 0 Å². The van der Waals surface area contributed by atoms with Gasteiger partial charge >= 0.3 is 0 Å². The van der Waals surface area contributed by atoms with Crippen molar-refractivity contribution in [3.05, 3.63) is 65.7 Å². The van der Waals surface area contributed by atoms with Gasteiger partial charge in [0.05, 0.1) is 19.8 Å². The summed E-state index contributed by atoms with van der Waals surface area (Å²) in [4.78, 5) is 17.0. The molecule has 0 radical (unpaired) electrons. The van der Waals surface area contributed by atoms with Crippen molar-refractivity contribution in [1.82, 2.24) is 9.80 Å². The van der Waals surface area contributed by atoms with Gasteiger partial charge < -0.3 is 24.0 Å². The second-order valence-corrected chi connectivity index (χ2v) is 8.13. The quantitative estimate of drug-likeness (QED) is 0.456. The molecule has 0 bridgehead atoms. The third kappa shape index (κ3) is 5.70. The zero-order chi connectivity index (χ0) is 22.5. The Kier molecular flexibility index (Phi) is 8.42. The van der Waals surface area contributed by atoms with E-state index >= 15 is 0 Å². The number of methoxy groups -OCH3 is 2. The largest absolute Gasteiger partial charge is 0.493 e. The maximum Gasteiger partial charge on any atom is 0.260 e. The Morgan fingerprint density at radius 1 is 0.970 bits per heavy atom. The molecule has 7 heteroatoms. The van der Waals surface area contributed by atoms with Crippen molar-refractivity contribution in [1.29, 1.82) is 0 Å². The van der Waals surface area contributed by atoms with E-state index in [2.05, 4.69) is 18.0 Å². The fraction of sp³-hybridized carbons (Fsp3) is 0.346. The molecule has 0 saturated carbocycles. The van der Waals surface area contributed by atoms with Crippen LogP contribution in [0.1, 0.15) is 22.3 Å². The topological polar surface area (TPSA) is 51.2 Å². The predicted molar refractivity (Wildman–Crippen MR) is 133 cm³/mol. The number of benzene rings is 3. The van der Waals surface area contributed by atoms with Gasteiger partial charge in [-0.1, -0.05) is 30.3 Å². The van der Waals surface area contributed by atoms with Crippen LogP contribution in [0.25, 0.3) is 10.8 Å². The minimum absolute atomic E-state index is 0. The number of nitrogens with zero attached hydrogens (tertiary/aromatic N) is 2. The lowest BCUT2D eigenvalue weighted by Crippen LogP contribution is -2.40. The third-order valence-electron chi connectivity index (χ3n) is 5.94. The van der Waals surface area contributed by atoms with Crippen molar-refractivity contribution in [3.63, 3.8) is 0 Å². The molecule has 0 N–H and O–H groups in total.